The Morgan fingerprint density at radius 1 is 0.925 bits per heavy atom. The first kappa shape index (κ1) is 31.2. The summed E-state index contributed by atoms with van der Waals surface area (Å²) in [5.41, 5.74) is 2.81. The maximum absolute atomic E-state index is 14.2. The van der Waals surface area contributed by atoms with Crippen molar-refractivity contribution in [3.63, 3.8) is 0 Å². The fourth-order valence-electron chi connectivity index (χ4n) is 4.45. The summed E-state index contributed by atoms with van der Waals surface area (Å²) >= 11 is 6.29. The molecule has 0 aliphatic rings. The van der Waals surface area contributed by atoms with E-state index in [1.807, 2.05) is 52.0 Å². The average molecular weight is 584 g/mol. The lowest BCUT2D eigenvalue weighted by atomic mass is 10.1. The van der Waals surface area contributed by atoms with Gasteiger partial charge >= 0.3 is 0 Å². The molecule has 0 aromatic heterocycles. The van der Waals surface area contributed by atoms with Crippen LogP contribution in [0.2, 0.25) is 5.02 Å². The molecule has 214 valence electrons. The molecule has 40 heavy (non-hydrogen) atoms. The molecule has 0 spiro atoms. The van der Waals surface area contributed by atoms with E-state index in [1.54, 1.807) is 43.3 Å². The molecule has 3 aromatic carbocycles. The van der Waals surface area contributed by atoms with Gasteiger partial charge in [-0.25, -0.2) is 8.42 Å². The van der Waals surface area contributed by atoms with E-state index < -0.39 is 28.5 Å². The highest BCUT2D eigenvalue weighted by molar-refractivity contribution is 7.92. The van der Waals surface area contributed by atoms with Crippen molar-refractivity contribution in [3.05, 3.63) is 94.5 Å². The lowest BCUT2D eigenvalue weighted by molar-refractivity contribution is -0.140. The highest BCUT2D eigenvalue weighted by Gasteiger charge is 2.34. The van der Waals surface area contributed by atoms with E-state index in [1.165, 1.54) is 17.0 Å². The van der Waals surface area contributed by atoms with Gasteiger partial charge in [-0.2, -0.15) is 0 Å². The number of carbonyl (C=O) groups excluding carboxylic acids is 2. The van der Waals surface area contributed by atoms with E-state index in [2.05, 4.69) is 5.32 Å². The predicted molar refractivity (Wildman–Crippen MR) is 161 cm³/mol. The second-order valence-corrected chi connectivity index (χ2v) is 12.3. The molecule has 1 N–H and O–H groups in total. The number of nitrogens with zero attached hydrogens (tertiary/aromatic N) is 2. The zero-order valence-electron chi connectivity index (χ0n) is 23.7. The lowest BCUT2D eigenvalue weighted by Crippen LogP contribution is -2.53. The molecule has 0 aliphatic carbocycles. The van der Waals surface area contributed by atoms with Crippen LogP contribution >= 0.6 is 11.6 Å². The number of carbonyl (C=O) groups is 2. The first-order valence-corrected chi connectivity index (χ1v) is 15.3. The molecule has 0 bridgehead atoms. The van der Waals surface area contributed by atoms with Gasteiger partial charge in [0.1, 0.15) is 12.6 Å². The molecular formula is C31H38ClN3O4S. The third kappa shape index (κ3) is 7.64. The van der Waals surface area contributed by atoms with Crippen molar-refractivity contribution >= 4 is 39.1 Å². The number of benzene rings is 3. The Bertz CT molecular complexity index is 1430. The summed E-state index contributed by atoms with van der Waals surface area (Å²) in [5, 5.41) is 3.33. The Hall–Kier alpha value is -3.36. The van der Waals surface area contributed by atoms with Crippen LogP contribution in [0.25, 0.3) is 0 Å². The van der Waals surface area contributed by atoms with E-state index >= 15 is 0 Å². The van der Waals surface area contributed by atoms with Crippen LogP contribution in [0.3, 0.4) is 0 Å². The summed E-state index contributed by atoms with van der Waals surface area (Å²) in [4.78, 5) is 29.1. The molecule has 0 saturated carbocycles. The van der Waals surface area contributed by atoms with Crippen LogP contribution < -0.4 is 9.62 Å². The number of amides is 2. The average Bonchev–Trinajstić information content (AvgIpc) is 2.93. The van der Waals surface area contributed by atoms with Crippen molar-refractivity contribution in [3.8, 4) is 0 Å². The van der Waals surface area contributed by atoms with Gasteiger partial charge in [0.05, 0.1) is 10.6 Å². The topological polar surface area (TPSA) is 86.8 Å². The fraction of sp³-hybridized carbons (Fsp3) is 0.355. The Kier molecular flexibility index (Phi) is 10.8. The number of hydrogen-bond donors (Lipinski definition) is 1. The Balaban J connectivity index is 2.09. The monoisotopic (exact) mass is 583 g/mol. The minimum Gasteiger partial charge on any atom is -0.352 e. The highest BCUT2D eigenvalue weighted by atomic mass is 35.5. The van der Waals surface area contributed by atoms with E-state index in [0.29, 0.717) is 22.7 Å². The van der Waals surface area contributed by atoms with Gasteiger partial charge < -0.3 is 10.2 Å². The number of aryl methyl sites for hydroxylation is 2. The van der Waals surface area contributed by atoms with Crippen molar-refractivity contribution in [1.29, 1.82) is 0 Å². The number of rotatable bonds is 12. The predicted octanol–water partition coefficient (Wildman–Crippen LogP) is 5.87. The number of hydrogen-bond acceptors (Lipinski definition) is 4. The SMILES string of the molecule is CCC(C)NC(=O)C(CC)N(Cc1cccc(C)c1)C(=O)CN(c1cc(Cl)ccc1C)S(=O)(=O)c1ccccc1. The van der Waals surface area contributed by atoms with Crippen LogP contribution in [0.15, 0.2) is 77.7 Å². The van der Waals surface area contributed by atoms with Gasteiger partial charge in [-0.3, -0.25) is 13.9 Å². The molecule has 2 unspecified atom stereocenters. The van der Waals surface area contributed by atoms with Gasteiger partial charge in [-0.15, -0.1) is 0 Å². The molecule has 9 heteroatoms. The molecule has 0 fully saturated rings. The van der Waals surface area contributed by atoms with E-state index in [4.69, 9.17) is 11.6 Å². The summed E-state index contributed by atoms with van der Waals surface area (Å²) < 4.78 is 29.0. The Morgan fingerprint density at radius 3 is 2.25 bits per heavy atom. The van der Waals surface area contributed by atoms with Gasteiger partial charge in [-0.1, -0.05) is 79.5 Å². The molecule has 0 radical (unpaired) electrons. The summed E-state index contributed by atoms with van der Waals surface area (Å²) in [5.74, 6) is -0.763. The first-order chi connectivity index (χ1) is 19.0. The first-order valence-electron chi connectivity index (χ1n) is 13.5. The Morgan fingerprint density at radius 2 is 1.62 bits per heavy atom. The van der Waals surface area contributed by atoms with Crippen LogP contribution in [0.4, 0.5) is 5.69 Å². The van der Waals surface area contributed by atoms with E-state index in [0.717, 1.165) is 21.9 Å². The molecule has 3 rings (SSSR count). The third-order valence-corrected chi connectivity index (χ3v) is 8.88. The highest BCUT2D eigenvalue weighted by Crippen LogP contribution is 2.30. The molecule has 7 nitrogen and oxygen atoms in total. The number of anilines is 1. The van der Waals surface area contributed by atoms with Gasteiger partial charge in [-0.05, 0) is 69.0 Å². The smallest absolute Gasteiger partial charge is 0.264 e. The maximum atomic E-state index is 14.2. The van der Waals surface area contributed by atoms with Gasteiger partial charge in [0.15, 0.2) is 0 Å². The molecule has 2 atom stereocenters. The normalized spacial score (nSPS) is 12.8. The molecule has 2 amide bonds. The van der Waals surface area contributed by atoms with Crippen LogP contribution in [0.5, 0.6) is 0 Å². The number of halogens is 1. The quantitative estimate of drug-likeness (QED) is 0.289. The van der Waals surface area contributed by atoms with Crippen molar-refractivity contribution in [2.45, 2.75) is 71.0 Å². The van der Waals surface area contributed by atoms with E-state index in [9.17, 15) is 18.0 Å². The molecule has 0 saturated heterocycles. The van der Waals surface area contributed by atoms with Gasteiger partial charge in [0.25, 0.3) is 10.0 Å². The molecule has 3 aromatic rings. The second kappa shape index (κ2) is 13.8. The standard InChI is InChI=1S/C31H38ClN3O4S/c1-6-24(5)33-31(37)28(7-2)34(20-25-13-11-12-22(3)18-25)30(36)21-35(29-19-26(32)17-16-23(29)4)40(38,39)27-14-9-8-10-15-27/h8-19,24,28H,6-7,20-21H2,1-5H3,(H,33,37). The summed E-state index contributed by atoms with van der Waals surface area (Å²) in [6, 6.07) is 19.8. The van der Waals surface area contributed by atoms with Crippen molar-refractivity contribution in [2.75, 3.05) is 10.8 Å². The second-order valence-electron chi connectivity index (χ2n) is 10.0. The van der Waals surface area contributed by atoms with Gasteiger partial charge in [0.2, 0.25) is 11.8 Å². The summed E-state index contributed by atoms with van der Waals surface area (Å²) in [7, 11) is -4.15. The van der Waals surface area contributed by atoms with Crippen molar-refractivity contribution in [1.82, 2.24) is 10.2 Å². The zero-order valence-corrected chi connectivity index (χ0v) is 25.3. The van der Waals surface area contributed by atoms with Crippen LogP contribution in [0.1, 0.15) is 50.3 Å². The lowest BCUT2D eigenvalue weighted by Gasteiger charge is -2.34. The largest absolute Gasteiger partial charge is 0.352 e. The number of sulfonamides is 1. The van der Waals surface area contributed by atoms with Crippen LogP contribution in [-0.4, -0.2) is 43.8 Å². The number of nitrogens with one attached hydrogen (secondary N) is 1. The Labute approximate surface area is 243 Å². The minimum atomic E-state index is -4.15. The van der Waals surface area contributed by atoms with Crippen molar-refractivity contribution < 1.29 is 18.0 Å². The molecule has 0 heterocycles. The molecular weight excluding hydrogens is 546 g/mol. The summed E-state index contributed by atoms with van der Waals surface area (Å²) in [6.07, 6.45) is 1.10. The molecule has 0 aliphatic heterocycles. The fourth-order valence-corrected chi connectivity index (χ4v) is 6.11. The zero-order chi connectivity index (χ0) is 29.4. The van der Waals surface area contributed by atoms with Crippen LogP contribution in [0, 0.1) is 13.8 Å². The van der Waals surface area contributed by atoms with Crippen molar-refractivity contribution in [2.24, 2.45) is 0 Å². The van der Waals surface area contributed by atoms with Gasteiger partial charge in [0, 0.05) is 17.6 Å². The summed E-state index contributed by atoms with van der Waals surface area (Å²) in [6.45, 7) is 9.10. The van der Waals surface area contributed by atoms with E-state index in [-0.39, 0.29) is 23.4 Å². The minimum absolute atomic E-state index is 0.0500. The maximum Gasteiger partial charge on any atom is 0.264 e. The third-order valence-electron chi connectivity index (χ3n) is 6.87. The van der Waals surface area contributed by atoms with Crippen LogP contribution in [-0.2, 0) is 26.2 Å².